The summed E-state index contributed by atoms with van der Waals surface area (Å²) in [6.07, 6.45) is -3.11. The number of aliphatic hydroxyl groups excluding tert-OH is 1. The third kappa shape index (κ3) is 3.43. The van der Waals surface area contributed by atoms with Crippen molar-refractivity contribution in [3.63, 3.8) is 0 Å². The van der Waals surface area contributed by atoms with Gasteiger partial charge in [-0.15, -0.1) is 0 Å². The molecule has 2 aromatic heterocycles. The number of phosphoric ester groups is 1. The van der Waals surface area contributed by atoms with E-state index < -0.39 is 38.3 Å². The highest BCUT2D eigenvalue weighted by atomic mass is 31.2. The summed E-state index contributed by atoms with van der Waals surface area (Å²) in [5, 5.41) is 10.1. The Balaban J connectivity index is 2.05. The zero-order valence-electron chi connectivity index (χ0n) is 15.0. The van der Waals surface area contributed by atoms with Crippen molar-refractivity contribution in [2.75, 3.05) is 31.3 Å². The Hall–Kier alpha value is -1.96. The monoisotopic (exact) mass is 424 g/mol. The summed E-state index contributed by atoms with van der Waals surface area (Å²) in [4.78, 5) is 31.2. The Labute approximate surface area is 157 Å². The predicted molar refractivity (Wildman–Crippen MR) is 91.5 cm³/mol. The maximum absolute atomic E-state index is 15.2. The van der Waals surface area contributed by atoms with Crippen LogP contribution in [0.4, 0.5) is 20.5 Å². The van der Waals surface area contributed by atoms with Crippen LogP contribution in [0.3, 0.4) is 0 Å². The van der Waals surface area contributed by atoms with Gasteiger partial charge >= 0.3 is 7.82 Å². The lowest BCUT2D eigenvalue weighted by Gasteiger charge is -2.25. The number of hydrogen-bond acceptors (Lipinski definition) is 9. The number of imidazole rings is 1. The molecule has 0 radical (unpaired) electrons. The SMILES string of the molecule is CN(C)c1nc(N)nc2c1ncn2[C@@H]1O[C@](F)(COP(=O)(O)O)[C@@H](O)[C@@]1(C)F. The summed E-state index contributed by atoms with van der Waals surface area (Å²) in [7, 11) is -1.75. The molecule has 2 aromatic rings. The summed E-state index contributed by atoms with van der Waals surface area (Å²) < 4.78 is 51.2. The molecule has 12 nitrogen and oxygen atoms in total. The van der Waals surface area contributed by atoms with Crippen LogP contribution in [0.1, 0.15) is 13.2 Å². The average Bonchev–Trinajstić information content (AvgIpc) is 3.05. The van der Waals surface area contributed by atoms with Gasteiger partial charge in [0.2, 0.25) is 5.95 Å². The fourth-order valence-electron chi connectivity index (χ4n) is 2.94. The summed E-state index contributed by atoms with van der Waals surface area (Å²) in [6.45, 7) is -0.536. The Morgan fingerprint density at radius 1 is 1.43 bits per heavy atom. The van der Waals surface area contributed by atoms with Gasteiger partial charge in [-0.05, 0) is 6.92 Å². The van der Waals surface area contributed by atoms with Crippen molar-refractivity contribution in [1.29, 1.82) is 0 Å². The van der Waals surface area contributed by atoms with Gasteiger partial charge < -0.3 is 30.3 Å². The summed E-state index contributed by atoms with van der Waals surface area (Å²) >= 11 is 0. The molecule has 0 amide bonds. The highest BCUT2D eigenvalue weighted by Crippen LogP contribution is 2.50. The molecule has 0 saturated carbocycles. The number of ether oxygens (including phenoxy) is 1. The number of rotatable bonds is 5. The zero-order valence-corrected chi connectivity index (χ0v) is 15.9. The second kappa shape index (κ2) is 6.54. The fourth-order valence-corrected chi connectivity index (χ4v) is 3.28. The van der Waals surface area contributed by atoms with Crippen LogP contribution in [0, 0.1) is 0 Å². The van der Waals surface area contributed by atoms with Crippen LogP contribution >= 0.6 is 7.82 Å². The second-order valence-electron chi connectivity index (χ2n) is 6.70. The van der Waals surface area contributed by atoms with Gasteiger partial charge in [0.15, 0.2) is 35.0 Å². The Bertz CT molecular complexity index is 951. The first-order valence-electron chi connectivity index (χ1n) is 7.87. The van der Waals surface area contributed by atoms with Gasteiger partial charge in [-0.2, -0.15) is 9.97 Å². The van der Waals surface area contributed by atoms with E-state index in [0.717, 1.165) is 17.8 Å². The molecule has 0 aliphatic carbocycles. The predicted octanol–water partition coefficient (Wildman–Crippen LogP) is -0.133. The van der Waals surface area contributed by atoms with E-state index in [2.05, 4.69) is 19.5 Å². The molecular weight excluding hydrogens is 405 g/mol. The topological polar surface area (TPSA) is 169 Å². The van der Waals surface area contributed by atoms with Crippen LogP contribution in [0.25, 0.3) is 11.2 Å². The number of halogens is 2. The van der Waals surface area contributed by atoms with Gasteiger partial charge in [0.05, 0.1) is 6.33 Å². The molecule has 5 N–H and O–H groups in total. The normalized spacial score (nSPS) is 30.9. The molecule has 3 heterocycles. The summed E-state index contributed by atoms with van der Waals surface area (Å²) in [5.74, 6) is -3.08. The van der Waals surface area contributed by atoms with Gasteiger partial charge in [-0.25, -0.2) is 18.3 Å². The number of nitrogen functional groups attached to an aromatic ring is 1. The molecular formula is C13H19F2N6O6P. The van der Waals surface area contributed by atoms with Crippen LogP contribution in [0.2, 0.25) is 0 Å². The van der Waals surface area contributed by atoms with Gasteiger partial charge in [0.1, 0.15) is 6.61 Å². The van der Waals surface area contributed by atoms with Crippen molar-refractivity contribution in [2.24, 2.45) is 0 Å². The molecule has 0 spiro atoms. The van der Waals surface area contributed by atoms with E-state index in [1.807, 2.05) is 0 Å². The third-order valence-corrected chi connectivity index (χ3v) is 4.72. The second-order valence-corrected chi connectivity index (χ2v) is 7.94. The number of nitrogens with two attached hydrogens (primary N) is 1. The first-order valence-corrected chi connectivity index (χ1v) is 9.40. The minimum atomic E-state index is -5.09. The lowest BCUT2D eigenvalue weighted by Crippen LogP contribution is -2.46. The standard InChI is InChI=1S/C13H19F2N6O6P/c1-12(14)9(22)13(15,4-26-28(23,24)25)27-10(12)21-5-17-6-7(20(2)3)18-11(16)19-8(6)21/h5,9-10,22H,4H2,1-3H3,(H2,16,18,19)(H2,23,24,25)/t9-,10+,12+,13+/m0/s1. The highest BCUT2D eigenvalue weighted by Gasteiger charge is 2.65. The average molecular weight is 424 g/mol. The van der Waals surface area contributed by atoms with Crippen LogP contribution in [-0.2, 0) is 13.8 Å². The Morgan fingerprint density at radius 3 is 2.64 bits per heavy atom. The first kappa shape index (κ1) is 20.8. The number of aromatic nitrogens is 4. The number of anilines is 2. The van der Waals surface area contributed by atoms with E-state index in [1.165, 1.54) is 0 Å². The van der Waals surface area contributed by atoms with E-state index >= 15 is 4.39 Å². The van der Waals surface area contributed by atoms with Crippen molar-refractivity contribution in [1.82, 2.24) is 19.5 Å². The molecule has 0 bridgehead atoms. The quantitative estimate of drug-likeness (QED) is 0.472. The minimum absolute atomic E-state index is 0.0115. The Morgan fingerprint density at radius 2 is 2.07 bits per heavy atom. The molecule has 0 aromatic carbocycles. The molecule has 1 aliphatic rings. The maximum atomic E-state index is 15.2. The third-order valence-electron chi connectivity index (χ3n) is 4.26. The highest BCUT2D eigenvalue weighted by molar-refractivity contribution is 7.46. The van der Waals surface area contributed by atoms with Gasteiger partial charge in [-0.1, -0.05) is 0 Å². The fraction of sp³-hybridized carbons (Fsp3) is 0.615. The molecule has 1 fully saturated rings. The number of hydrogen-bond donors (Lipinski definition) is 4. The van der Waals surface area contributed by atoms with Crippen LogP contribution < -0.4 is 10.6 Å². The summed E-state index contributed by atoms with van der Waals surface area (Å²) in [5.41, 5.74) is 3.17. The van der Waals surface area contributed by atoms with Crippen molar-refractivity contribution in [3.05, 3.63) is 6.33 Å². The first-order chi connectivity index (χ1) is 12.8. The lowest BCUT2D eigenvalue weighted by molar-refractivity contribution is -0.204. The number of fused-ring (bicyclic) bond motifs is 1. The maximum Gasteiger partial charge on any atom is 0.469 e. The van der Waals surface area contributed by atoms with Crippen molar-refractivity contribution < 1.29 is 37.5 Å². The van der Waals surface area contributed by atoms with E-state index in [0.29, 0.717) is 5.82 Å². The molecule has 3 rings (SSSR count). The number of nitrogens with zero attached hydrogens (tertiary/aromatic N) is 5. The lowest BCUT2D eigenvalue weighted by atomic mass is 9.97. The van der Waals surface area contributed by atoms with E-state index in [1.54, 1.807) is 19.0 Å². The van der Waals surface area contributed by atoms with Crippen LogP contribution in [0.15, 0.2) is 6.33 Å². The van der Waals surface area contributed by atoms with Gasteiger partial charge in [-0.3, -0.25) is 9.09 Å². The molecule has 28 heavy (non-hydrogen) atoms. The smallest absolute Gasteiger partial charge is 0.384 e. The van der Waals surface area contributed by atoms with Crippen molar-refractivity contribution in [2.45, 2.75) is 30.8 Å². The molecule has 4 atom stereocenters. The zero-order chi connectivity index (χ0) is 21.1. The molecule has 1 aliphatic heterocycles. The Kier molecular flexibility index (Phi) is 4.85. The largest absolute Gasteiger partial charge is 0.469 e. The molecule has 1 saturated heterocycles. The molecule has 15 heteroatoms. The van der Waals surface area contributed by atoms with E-state index in [-0.39, 0.29) is 17.1 Å². The van der Waals surface area contributed by atoms with Gasteiger partial charge in [0, 0.05) is 14.1 Å². The van der Waals surface area contributed by atoms with Crippen LogP contribution in [-0.4, -0.2) is 72.7 Å². The number of aliphatic hydroxyl groups is 1. The van der Waals surface area contributed by atoms with Crippen LogP contribution in [0.5, 0.6) is 0 Å². The van der Waals surface area contributed by atoms with Crippen molar-refractivity contribution >= 4 is 30.8 Å². The molecule has 0 unspecified atom stereocenters. The molecule has 156 valence electrons. The van der Waals surface area contributed by atoms with Gasteiger partial charge in [0.25, 0.3) is 5.85 Å². The van der Waals surface area contributed by atoms with E-state index in [9.17, 15) is 14.1 Å². The summed E-state index contributed by atoms with van der Waals surface area (Å²) in [6, 6.07) is 0. The number of alkyl halides is 2. The minimum Gasteiger partial charge on any atom is -0.384 e. The van der Waals surface area contributed by atoms with Crippen molar-refractivity contribution in [3.8, 4) is 0 Å². The number of phosphoric acid groups is 1. The van der Waals surface area contributed by atoms with E-state index in [4.69, 9.17) is 20.3 Å².